The molecule has 0 spiro atoms. The molecule has 0 unspecified atom stereocenters. The maximum Gasteiger partial charge on any atom is 0.437 e. The fourth-order valence-corrected chi connectivity index (χ4v) is 3.61. The normalized spacial score (nSPS) is 10.3. The summed E-state index contributed by atoms with van der Waals surface area (Å²) < 4.78 is 0. The molecule has 0 fully saturated rings. The summed E-state index contributed by atoms with van der Waals surface area (Å²) in [6.45, 7) is 12.7. The van der Waals surface area contributed by atoms with Crippen LogP contribution in [-0.2, 0) is 32.1 Å². The van der Waals surface area contributed by atoms with Gasteiger partial charge in [0.2, 0.25) is 0 Å². The molecular weight excluding hydrogens is 617 g/mol. The maximum absolute atomic E-state index is 11.9. The molecule has 0 radical (unpaired) electrons. The minimum absolute atomic E-state index is 0.0506. The minimum atomic E-state index is -0.659. The molecule has 3 amide bonds. The van der Waals surface area contributed by atoms with E-state index < -0.39 is 18.1 Å². The molecule has 0 atom stereocenters. The van der Waals surface area contributed by atoms with Crippen molar-refractivity contribution in [3.8, 4) is 0 Å². The molecular formula is C31H40N6O6S2. The summed E-state index contributed by atoms with van der Waals surface area (Å²) in [4.78, 5) is 57.0. The van der Waals surface area contributed by atoms with Crippen LogP contribution in [0.5, 0.6) is 0 Å². The van der Waals surface area contributed by atoms with E-state index in [1.54, 1.807) is 58.0 Å². The van der Waals surface area contributed by atoms with Crippen LogP contribution in [0.3, 0.4) is 0 Å². The summed E-state index contributed by atoms with van der Waals surface area (Å²) in [7, 11) is 0. The predicted octanol–water partition coefficient (Wildman–Crippen LogP) is 6.06. The van der Waals surface area contributed by atoms with Crippen LogP contribution < -0.4 is 21.7 Å². The third-order valence-corrected chi connectivity index (χ3v) is 5.98. The van der Waals surface area contributed by atoms with Gasteiger partial charge in [-0.1, -0.05) is 41.6 Å². The Morgan fingerprint density at radius 1 is 0.822 bits per heavy atom. The Balaban J connectivity index is 0.000000450. The summed E-state index contributed by atoms with van der Waals surface area (Å²) in [5.74, 6) is -0.419. The number of benzene rings is 2. The monoisotopic (exact) mass is 656 g/mol. The van der Waals surface area contributed by atoms with Crippen molar-refractivity contribution in [3.05, 3.63) is 58.7 Å². The number of carbonyl (C=O) groups is 4. The van der Waals surface area contributed by atoms with Gasteiger partial charge in [-0.3, -0.25) is 20.3 Å². The highest BCUT2D eigenvalue weighted by Crippen LogP contribution is 2.18. The highest BCUT2D eigenvalue weighted by molar-refractivity contribution is 7.80. The molecule has 0 bridgehead atoms. The average Bonchev–Trinajstić information content (AvgIpc) is 2.93. The second-order valence-electron chi connectivity index (χ2n) is 10.2. The molecule has 0 aliphatic rings. The molecule has 0 saturated carbocycles. The average molecular weight is 657 g/mol. The minimum Gasteiger partial charge on any atom is -0.376 e. The summed E-state index contributed by atoms with van der Waals surface area (Å²) in [6.07, 6.45) is 0.684. The number of amides is 3. The van der Waals surface area contributed by atoms with Crippen molar-refractivity contribution in [2.75, 3.05) is 10.6 Å². The molecule has 0 aromatic heterocycles. The number of ketones is 1. The highest BCUT2D eigenvalue weighted by atomic mass is 32.1. The van der Waals surface area contributed by atoms with Crippen molar-refractivity contribution in [2.24, 2.45) is 16.0 Å². The van der Waals surface area contributed by atoms with Gasteiger partial charge in [0.15, 0.2) is 5.11 Å². The number of nitrogens with two attached hydrogens (primary N) is 1. The van der Waals surface area contributed by atoms with Crippen LogP contribution in [0.15, 0.2) is 46.7 Å². The van der Waals surface area contributed by atoms with Crippen LogP contribution in [0.4, 0.5) is 21.0 Å². The highest BCUT2D eigenvalue weighted by Gasteiger charge is 2.11. The van der Waals surface area contributed by atoms with Crippen molar-refractivity contribution < 1.29 is 28.9 Å². The summed E-state index contributed by atoms with van der Waals surface area (Å²) in [5, 5.41) is 14.6. The lowest BCUT2D eigenvalue weighted by Gasteiger charge is -2.10. The van der Waals surface area contributed by atoms with E-state index >= 15 is 0 Å². The Labute approximate surface area is 274 Å². The number of hydrogen-bond acceptors (Lipinski definition) is 10. The van der Waals surface area contributed by atoms with Crippen LogP contribution in [-0.4, -0.2) is 45.3 Å². The van der Waals surface area contributed by atoms with Crippen molar-refractivity contribution in [1.29, 1.82) is 0 Å². The third-order valence-electron chi connectivity index (χ3n) is 5.73. The quantitative estimate of drug-likeness (QED) is 0.0970. The molecule has 0 aliphatic carbocycles. The smallest absolute Gasteiger partial charge is 0.376 e. The zero-order valence-electron chi connectivity index (χ0n) is 26.5. The van der Waals surface area contributed by atoms with Crippen molar-refractivity contribution in [1.82, 2.24) is 5.32 Å². The molecule has 0 heterocycles. The Kier molecular flexibility index (Phi) is 16.8. The Hall–Kier alpha value is -4.56. The van der Waals surface area contributed by atoms with Gasteiger partial charge in [0.25, 0.3) is 0 Å². The topological polar surface area (TPSA) is 174 Å². The van der Waals surface area contributed by atoms with E-state index in [4.69, 9.17) is 27.6 Å². The molecule has 0 saturated heterocycles. The van der Waals surface area contributed by atoms with Crippen LogP contribution in [0, 0.1) is 13.8 Å². The first kappa shape index (κ1) is 38.5. The number of urea groups is 1. The number of anilines is 2. The van der Waals surface area contributed by atoms with E-state index in [2.05, 4.69) is 38.5 Å². The second-order valence-corrected chi connectivity index (χ2v) is 11.3. The van der Waals surface area contributed by atoms with E-state index in [0.29, 0.717) is 34.8 Å². The summed E-state index contributed by atoms with van der Waals surface area (Å²) >= 11 is 9.53. The summed E-state index contributed by atoms with van der Waals surface area (Å²) in [5.41, 5.74) is 11.1. The second kappa shape index (κ2) is 19.7. The molecule has 45 heavy (non-hydrogen) atoms. The number of aryl methyl sites for hydroxylation is 2. The first-order valence-electron chi connectivity index (χ1n) is 13.9. The van der Waals surface area contributed by atoms with Gasteiger partial charge in [0.05, 0.1) is 17.8 Å². The Morgan fingerprint density at radius 3 is 1.89 bits per heavy atom. The molecule has 0 aliphatic heterocycles. The van der Waals surface area contributed by atoms with Gasteiger partial charge in [0, 0.05) is 24.2 Å². The number of nitrogens with one attached hydrogen (secondary N) is 3. The first-order valence-corrected chi connectivity index (χ1v) is 14.7. The predicted molar refractivity (Wildman–Crippen MR) is 185 cm³/mol. The number of oxime groups is 2. The number of Topliss-reactive ketones (excluding diaryl/α,β-unsaturated/α-hetero) is 1. The molecule has 2 aromatic carbocycles. The van der Waals surface area contributed by atoms with Gasteiger partial charge in [-0.05, 0) is 112 Å². The zero-order valence-corrected chi connectivity index (χ0v) is 28.2. The van der Waals surface area contributed by atoms with Gasteiger partial charge in [-0.25, -0.2) is 14.4 Å². The molecule has 2 aromatic rings. The fraction of sp³-hybridized carbons (Fsp3) is 0.355. The zero-order chi connectivity index (χ0) is 34.1. The van der Waals surface area contributed by atoms with Crippen LogP contribution >= 0.6 is 24.4 Å². The Morgan fingerprint density at radius 2 is 1.38 bits per heavy atom. The van der Waals surface area contributed by atoms with Crippen LogP contribution in [0.2, 0.25) is 0 Å². The van der Waals surface area contributed by atoms with Crippen molar-refractivity contribution >= 4 is 81.1 Å². The van der Waals surface area contributed by atoms with Gasteiger partial charge in [0.1, 0.15) is 5.78 Å². The van der Waals surface area contributed by atoms with Crippen molar-refractivity contribution in [2.45, 2.75) is 74.1 Å². The molecule has 12 nitrogen and oxygen atoms in total. The Bertz CT molecular complexity index is 1480. The lowest BCUT2D eigenvalue weighted by Crippen LogP contribution is -2.37. The molecule has 14 heteroatoms. The van der Waals surface area contributed by atoms with Gasteiger partial charge in [-0.2, -0.15) is 0 Å². The standard InChI is InChI=1S/C17H22N2O3S.C14H18N4O3S/c1-5-12(3)19-22-17(21)18-15-7-6-11(2)14(9-15)10-16(20)8-13(4)23;1-8(2)18-21-12(19)7-10-6-11(5-4-9(10)3)16-14(20)17-13(15)22/h6-7,9H,5,8,10H2,1-4H3,(H,18,21);4-6H,7H2,1-3H3,(H4,15,16,17,20,22)/b19-12-;. The first-order chi connectivity index (χ1) is 21.1. The van der Waals surface area contributed by atoms with E-state index in [9.17, 15) is 19.2 Å². The molecule has 2 rings (SSSR count). The number of nitrogens with zero attached hydrogens (tertiary/aromatic N) is 2. The van der Waals surface area contributed by atoms with E-state index in [1.165, 1.54) is 0 Å². The number of thiocarbonyl (C=S) groups is 2. The SMILES string of the molecule is CC(C)=NOC(=O)Cc1cc(NC(=O)NC(N)=S)ccc1C.CC/C(C)=N\OC(=O)Nc1ccc(C)c(CC(=O)CC(C)=S)c1. The van der Waals surface area contributed by atoms with Gasteiger partial charge >= 0.3 is 18.1 Å². The van der Waals surface area contributed by atoms with Gasteiger partial charge < -0.3 is 15.9 Å². The van der Waals surface area contributed by atoms with Crippen LogP contribution in [0.1, 0.15) is 69.7 Å². The van der Waals surface area contributed by atoms with E-state index in [1.807, 2.05) is 26.8 Å². The third kappa shape index (κ3) is 16.8. The maximum atomic E-state index is 11.9. The van der Waals surface area contributed by atoms with Gasteiger partial charge in [-0.15, -0.1) is 0 Å². The van der Waals surface area contributed by atoms with E-state index in [0.717, 1.165) is 28.0 Å². The number of carbonyl (C=O) groups excluding carboxylic acids is 4. The lowest BCUT2D eigenvalue weighted by molar-refractivity contribution is -0.142. The van der Waals surface area contributed by atoms with Crippen molar-refractivity contribution in [3.63, 3.8) is 0 Å². The number of rotatable bonds is 11. The van der Waals surface area contributed by atoms with Crippen LogP contribution in [0.25, 0.3) is 0 Å². The largest absolute Gasteiger partial charge is 0.437 e. The van der Waals surface area contributed by atoms with E-state index in [-0.39, 0.29) is 23.7 Å². The fourth-order valence-electron chi connectivity index (χ4n) is 3.36. The molecule has 242 valence electrons. The number of hydrogen-bond donors (Lipinski definition) is 4. The lowest BCUT2D eigenvalue weighted by atomic mass is 10.0. The molecule has 5 N–H and O–H groups in total. The summed E-state index contributed by atoms with van der Waals surface area (Å²) in [6, 6.07) is 10.00.